The van der Waals surface area contributed by atoms with E-state index in [2.05, 4.69) is 4.98 Å². The fraction of sp³-hybridized carbons (Fsp3) is 0.263. The zero-order valence-electron chi connectivity index (χ0n) is 13.6. The second kappa shape index (κ2) is 7.05. The topological polar surface area (TPSA) is 52.3 Å². The lowest BCUT2D eigenvalue weighted by Gasteiger charge is -2.10. The molecule has 24 heavy (non-hydrogen) atoms. The zero-order chi connectivity index (χ0) is 17.1. The summed E-state index contributed by atoms with van der Waals surface area (Å²) in [6, 6.07) is 9.61. The van der Waals surface area contributed by atoms with Crippen molar-refractivity contribution in [2.45, 2.75) is 33.3 Å². The van der Waals surface area contributed by atoms with E-state index in [1.165, 1.54) is 5.56 Å². The molecule has 0 saturated heterocycles. The maximum Gasteiger partial charge on any atom is 0.306 e. The Kier molecular flexibility index (Phi) is 4.86. The lowest BCUT2D eigenvalue weighted by Crippen LogP contribution is -2.06. The van der Waals surface area contributed by atoms with Crippen molar-refractivity contribution < 1.29 is 13.9 Å². The normalized spacial score (nSPS) is 11.0. The first-order valence-corrected chi connectivity index (χ1v) is 8.15. The second-order valence-corrected chi connectivity index (χ2v) is 6.12. The van der Waals surface area contributed by atoms with Crippen molar-refractivity contribution in [2.75, 3.05) is 0 Å². The molecule has 0 saturated carbocycles. The molecule has 0 radical (unpaired) electrons. The van der Waals surface area contributed by atoms with Gasteiger partial charge in [-0.2, -0.15) is 0 Å². The van der Waals surface area contributed by atoms with Gasteiger partial charge in [-0.1, -0.05) is 23.7 Å². The molecule has 1 aromatic carbocycles. The van der Waals surface area contributed by atoms with E-state index in [4.69, 9.17) is 20.8 Å². The number of furan rings is 1. The van der Waals surface area contributed by atoms with Crippen molar-refractivity contribution >= 4 is 28.5 Å². The highest BCUT2D eigenvalue weighted by molar-refractivity contribution is 6.30. The molecule has 2 heterocycles. The summed E-state index contributed by atoms with van der Waals surface area (Å²) in [4.78, 5) is 16.3. The SMILES string of the molecule is Cc1ccc2cc(COC(=O)CCc3ccco3)c(Cl)nc2c1C. The number of aryl methyl sites for hydroxylation is 3. The van der Waals surface area contributed by atoms with Crippen molar-refractivity contribution in [1.29, 1.82) is 0 Å². The third-order valence-corrected chi connectivity index (χ3v) is 4.41. The van der Waals surface area contributed by atoms with Crippen LogP contribution in [0.5, 0.6) is 0 Å². The fourth-order valence-electron chi connectivity index (χ4n) is 2.52. The van der Waals surface area contributed by atoms with Crippen LogP contribution >= 0.6 is 11.6 Å². The Morgan fingerprint density at radius 2 is 2.12 bits per heavy atom. The maximum absolute atomic E-state index is 11.9. The van der Waals surface area contributed by atoms with Crippen LogP contribution in [0.1, 0.15) is 28.9 Å². The molecule has 0 amide bonds. The van der Waals surface area contributed by atoms with Gasteiger partial charge in [0.15, 0.2) is 0 Å². The fourth-order valence-corrected chi connectivity index (χ4v) is 2.71. The van der Waals surface area contributed by atoms with E-state index in [0.29, 0.717) is 17.1 Å². The zero-order valence-corrected chi connectivity index (χ0v) is 14.4. The third kappa shape index (κ3) is 3.60. The van der Waals surface area contributed by atoms with Gasteiger partial charge in [-0.25, -0.2) is 4.98 Å². The van der Waals surface area contributed by atoms with Crippen LogP contribution in [0.4, 0.5) is 0 Å². The number of aromatic nitrogens is 1. The number of ether oxygens (including phenoxy) is 1. The van der Waals surface area contributed by atoms with E-state index in [1.54, 1.807) is 12.3 Å². The summed E-state index contributed by atoms with van der Waals surface area (Å²) in [5.74, 6) is 0.478. The number of hydrogen-bond donors (Lipinski definition) is 0. The van der Waals surface area contributed by atoms with Gasteiger partial charge < -0.3 is 9.15 Å². The van der Waals surface area contributed by atoms with Gasteiger partial charge in [0, 0.05) is 17.4 Å². The molecule has 2 aromatic heterocycles. The minimum absolute atomic E-state index is 0.117. The third-order valence-electron chi connectivity index (χ3n) is 4.08. The van der Waals surface area contributed by atoms with Crippen LogP contribution in [0.25, 0.3) is 10.9 Å². The molecule has 0 N–H and O–H groups in total. The van der Waals surface area contributed by atoms with E-state index in [1.807, 2.05) is 38.1 Å². The Morgan fingerprint density at radius 1 is 1.29 bits per heavy atom. The van der Waals surface area contributed by atoms with Crippen LogP contribution in [0, 0.1) is 13.8 Å². The molecule has 0 bridgehead atoms. The van der Waals surface area contributed by atoms with Crippen LogP contribution < -0.4 is 0 Å². The van der Waals surface area contributed by atoms with Crippen molar-refractivity contribution in [3.8, 4) is 0 Å². The van der Waals surface area contributed by atoms with Gasteiger partial charge in [0.2, 0.25) is 0 Å². The molecule has 0 aliphatic heterocycles. The van der Waals surface area contributed by atoms with Gasteiger partial charge in [-0.15, -0.1) is 0 Å². The molecular weight excluding hydrogens is 326 g/mol. The highest BCUT2D eigenvalue weighted by Gasteiger charge is 2.11. The van der Waals surface area contributed by atoms with Gasteiger partial charge in [0.1, 0.15) is 17.5 Å². The quantitative estimate of drug-likeness (QED) is 0.494. The van der Waals surface area contributed by atoms with Crippen molar-refractivity contribution in [1.82, 2.24) is 4.98 Å². The number of carbonyl (C=O) groups excluding carboxylic acids is 1. The van der Waals surface area contributed by atoms with Gasteiger partial charge in [-0.3, -0.25) is 4.79 Å². The Hall–Kier alpha value is -2.33. The summed E-state index contributed by atoms with van der Waals surface area (Å²) in [5.41, 5.74) is 3.87. The minimum Gasteiger partial charge on any atom is -0.469 e. The summed E-state index contributed by atoms with van der Waals surface area (Å²) in [6.07, 6.45) is 2.38. The summed E-state index contributed by atoms with van der Waals surface area (Å²) in [5, 5.41) is 1.36. The first-order chi connectivity index (χ1) is 11.5. The lowest BCUT2D eigenvalue weighted by molar-refractivity contribution is -0.145. The minimum atomic E-state index is -0.289. The van der Waals surface area contributed by atoms with E-state index in [9.17, 15) is 4.79 Å². The van der Waals surface area contributed by atoms with E-state index >= 15 is 0 Å². The van der Waals surface area contributed by atoms with Gasteiger partial charge >= 0.3 is 5.97 Å². The molecule has 3 aromatic rings. The molecule has 0 atom stereocenters. The summed E-state index contributed by atoms with van der Waals surface area (Å²) < 4.78 is 10.5. The number of esters is 1. The Bertz CT molecular complexity index is 872. The van der Waals surface area contributed by atoms with E-state index < -0.39 is 0 Å². The molecule has 124 valence electrons. The van der Waals surface area contributed by atoms with Crippen molar-refractivity contribution in [2.24, 2.45) is 0 Å². The highest BCUT2D eigenvalue weighted by Crippen LogP contribution is 2.25. The Morgan fingerprint density at radius 3 is 2.88 bits per heavy atom. The number of rotatable bonds is 5. The first-order valence-electron chi connectivity index (χ1n) is 7.78. The smallest absolute Gasteiger partial charge is 0.306 e. The Balaban J connectivity index is 1.67. The van der Waals surface area contributed by atoms with E-state index in [0.717, 1.165) is 22.2 Å². The molecule has 0 unspecified atom stereocenters. The highest BCUT2D eigenvalue weighted by atomic mass is 35.5. The van der Waals surface area contributed by atoms with Gasteiger partial charge in [-0.05, 0) is 43.2 Å². The standard InChI is InChI=1S/C19H18ClNO3/c1-12-5-6-14-10-15(19(20)21-18(14)13(12)2)11-24-17(22)8-7-16-4-3-9-23-16/h3-6,9-10H,7-8,11H2,1-2H3. The van der Waals surface area contributed by atoms with Crippen molar-refractivity contribution in [3.63, 3.8) is 0 Å². The van der Waals surface area contributed by atoms with Crippen LogP contribution in [0.2, 0.25) is 5.15 Å². The second-order valence-electron chi connectivity index (χ2n) is 5.76. The van der Waals surface area contributed by atoms with E-state index in [-0.39, 0.29) is 19.0 Å². The average molecular weight is 344 g/mol. The average Bonchev–Trinajstić information content (AvgIpc) is 3.09. The molecule has 0 aliphatic carbocycles. The largest absolute Gasteiger partial charge is 0.469 e. The van der Waals surface area contributed by atoms with Crippen LogP contribution in [-0.4, -0.2) is 11.0 Å². The number of halogens is 1. The van der Waals surface area contributed by atoms with Crippen LogP contribution in [-0.2, 0) is 22.6 Å². The summed E-state index contributed by atoms with van der Waals surface area (Å²) in [6.45, 7) is 4.18. The van der Waals surface area contributed by atoms with Crippen LogP contribution in [0.15, 0.2) is 41.0 Å². The number of benzene rings is 1. The molecule has 0 aliphatic rings. The predicted molar refractivity (Wildman–Crippen MR) is 93.1 cm³/mol. The molecule has 3 rings (SSSR count). The summed E-state index contributed by atoms with van der Waals surface area (Å²) in [7, 11) is 0. The number of fused-ring (bicyclic) bond motifs is 1. The molecule has 4 nitrogen and oxygen atoms in total. The van der Waals surface area contributed by atoms with Gasteiger partial charge in [0.05, 0.1) is 18.2 Å². The number of carbonyl (C=O) groups is 1. The number of hydrogen-bond acceptors (Lipinski definition) is 4. The monoisotopic (exact) mass is 343 g/mol. The number of nitrogens with zero attached hydrogens (tertiary/aromatic N) is 1. The van der Waals surface area contributed by atoms with Crippen molar-refractivity contribution in [3.05, 3.63) is 64.2 Å². The molecular formula is C19H18ClNO3. The first kappa shape index (κ1) is 16.5. The lowest BCUT2D eigenvalue weighted by atomic mass is 10.0. The molecule has 5 heteroatoms. The summed E-state index contributed by atoms with van der Waals surface area (Å²) >= 11 is 6.25. The molecule has 0 fully saturated rings. The van der Waals surface area contributed by atoms with Crippen LogP contribution in [0.3, 0.4) is 0 Å². The maximum atomic E-state index is 11.9. The van der Waals surface area contributed by atoms with Gasteiger partial charge in [0.25, 0.3) is 0 Å². The molecule has 0 spiro atoms. The predicted octanol–water partition coefficient (Wildman–Crippen LogP) is 4.77. The Labute approximate surface area is 145 Å². The number of pyridine rings is 1.